The van der Waals surface area contributed by atoms with Crippen LogP contribution >= 0.6 is 0 Å². The Morgan fingerprint density at radius 1 is 1.54 bits per heavy atom. The molecule has 0 aromatic heterocycles. The number of fused-ring (bicyclic) bond motifs is 1. The molecule has 1 unspecified atom stereocenters. The van der Waals surface area contributed by atoms with Crippen molar-refractivity contribution >= 4 is 0 Å². The molecular formula is C10H10N2O. The van der Waals surface area contributed by atoms with E-state index in [-0.39, 0.29) is 6.04 Å². The molecule has 0 amide bonds. The summed E-state index contributed by atoms with van der Waals surface area (Å²) in [7, 11) is 0. The van der Waals surface area contributed by atoms with Crippen molar-refractivity contribution in [3.8, 4) is 11.8 Å². The first-order valence-electron chi connectivity index (χ1n) is 4.21. The van der Waals surface area contributed by atoms with Gasteiger partial charge in [-0.3, -0.25) is 0 Å². The van der Waals surface area contributed by atoms with Gasteiger partial charge >= 0.3 is 0 Å². The Bertz CT molecular complexity index is 368. The zero-order chi connectivity index (χ0) is 9.26. The maximum atomic E-state index is 8.80. The quantitative estimate of drug-likeness (QED) is 0.633. The summed E-state index contributed by atoms with van der Waals surface area (Å²) in [5.41, 5.74) is 7.37. The first kappa shape index (κ1) is 8.09. The van der Waals surface area contributed by atoms with Crippen molar-refractivity contribution < 1.29 is 4.74 Å². The largest absolute Gasteiger partial charge is 0.490 e. The smallest absolute Gasteiger partial charge is 0.140 e. The van der Waals surface area contributed by atoms with Gasteiger partial charge in [-0.05, 0) is 18.1 Å². The topological polar surface area (TPSA) is 59.0 Å². The standard InChI is InChI=1S/C10H10N2O/c11-5-8-3-1-2-7-4-9(12)6-13-10(7)8/h1-3,9H,4,6,12H2. The maximum absolute atomic E-state index is 8.80. The van der Waals surface area contributed by atoms with Crippen molar-refractivity contribution in [2.24, 2.45) is 5.73 Å². The predicted molar refractivity (Wildman–Crippen MR) is 48.3 cm³/mol. The monoisotopic (exact) mass is 174 g/mol. The third-order valence-corrected chi connectivity index (χ3v) is 2.14. The first-order chi connectivity index (χ1) is 6.31. The normalized spacial score (nSPS) is 19.8. The molecule has 3 nitrogen and oxygen atoms in total. The third-order valence-electron chi connectivity index (χ3n) is 2.14. The molecule has 2 rings (SSSR count). The molecule has 1 heterocycles. The molecule has 66 valence electrons. The first-order valence-corrected chi connectivity index (χ1v) is 4.21. The van der Waals surface area contributed by atoms with E-state index in [1.165, 1.54) is 0 Å². The van der Waals surface area contributed by atoms with Gasteiger partial charge in [0.15, 0.2) is 0 Å². The Morgan fingerprint density at radius 3 is 3.15 bits per heavy atom. The SMILES string of the molecule is N#Cc1cccc2c1OCC(N)C2. The zero-order valence-electron chi connectivity index (χ0n) is 7.16. The summed E-state index contributed by atoms with van der Waals surface area (Å²) < 4.78 is 5.41. The van der Waals surface area contributed by atoms with Crippen LogP contribution in [0.1, 0.15) is 11.1 Å². The minimum atomic E-state index is 0.0569. The Morgan fingerprint density at radius 2 is 2.38 bits per heavy atom. The van der Waals surface area contributed by atoms with Crippen LogP contribution in [-0.4, -0.2) is 12.6 Å². The lowest BCUT2D eigenvalue weighted by Crippen LogP contribution is -2.34. The molecule has 0 radical (unpaired) electrons. The summed E-state index contributed by atoms with van der Waals surface area (Å²) in [6, 6.07) is 7.73. The number of nitriles is 1. The van der Waals surface area contributed by atoms with Crippen LogP contribution in [0, 0.1) is 11.3 Å². The number of nitrogens with zero attached hydrogens (tertiary/aromatic N) is 1. The number of ether oxygens (including phenoxy) is 1. The fourth-order valence-electron chi connectivity index (χ4n) is 1.54. The van der Waals surface area contributed by atoms with E-state index in [0.29, 0.717) is 17.9 Å². The van der Waals surface area contributed by atoms with Crippen molar-refractivity contribution in [3.63, 3.8) is 0 Å². The molecule has 0 saturated heterocycles. The minimum absolute atomic E-state index is 0.0569. The molecule has 0 spiro atoms. The Balaban J connectivity index is 2.47. The van der Waals surface area contributed by atoms with E-state index < -0.39 is 0 Å². The highest BCUT2D eigenvalue weighted by molar-refractivity contribution is 5.49. The fourth-order valence-corrected chi connectivity index (χ4v) is 1.54. The molecule has 0 aliphatic carbocycles. The minimum Gasteiger partial charge on any atom is -0.490 e. The van der Waals surface area contributed by atoms with Crippen LogP contribution in [0.25, 0.3) is 0 Å². The lowest BCUT2D eigenvalue weighted by Gasteiger charge is -2.22. The van der Waals surface area contributed by atoms with Crippen LogP contribution in [-0.2, 0) is 6.42 Å². The van der Waals surface area contributed by atoms with Crippen LogP contribution in [0.4, 0.5) is 0 Å². The molecule has 0 bridgehead atoms. The predicted octanol–water partition coefficient (Wildman–Crippen LogP) is 0.820. The van der Waals surface area contributed by atoms with Gasteiger partial charge in [-0.1, -0.05) is 12.1 Å². The van der Waals surface area contributed by atoms with Gasteiger partial charge in [-0.15, -0.1) is 0 Å². The van der Waals surface area contributed by atoms with Gasteiger partial charge in [-0.25, -0.2) is 0 Å². The van der Waals surface area contributed by atoms with Crippen LogP contribution < -0.4 is 10.5 Å². The molecule has 0 fully saturated rings. The molecule has 3 heteroatoms. The second-order valence-corrected chi connectivity index (χ2v) is 3.18. The summed E-state index contributed by atoms with van der Waals surface area (Å²) in [6.45, 7) is 0.506. The summed E-state index contributed by atoms with van der Waals surface area (Å²) in [5, 5.41) is 8.80. The van der Waals surface area contributed by atoms with Crippen molar-refractivity contribution in [1.29, 1.82) is 5.26 Å². The van der Waals surface area contributed by atoms with Crippen molar-refractivity contribution in [2.75, 3.05) is 6.61 Å². The van der Waals surface area contributed by atoms with Crippen LogP contribution in [0.2, 0.25) is 0 Å². The van der Waals surface area contributed by atoms with Gasteiger partial charge in [0.2, 0.25) is 0 Å². The van der Waals surface area contributed by atoms with E-state index in [4.69, 9.17) is 15.7 Å². The molecule has 1 aromatic rings. The van der Waals surface area contributed by atoms with Crippen molar-refractivity contribution in [2.45, 2.75) is 12.5 Å². The highest BCUT2D eigenvalue weighted by Crippen LogP contribution is 2.27. The molecule has 1 aliphatic heterocycles. The number of hydrogen-bond acceptors (Lipinski definition) is 3. The highest BCUT2D eigenvalue weighted by Gasteiger charge is 2.18. The van der Waals surface area contributed by atoms with E-state index in [1.54, 1.807) is 6.07 Å². The average Bonchev–Trinajstić information content (AvgIpc) is 2.16. The summed E-state index contributed by atoms with van der Waals surface area (Å²) in [5.74, 6) is 0.715. The number of para-hydroxylation sites is 1. The summed E-state index contributed by atoms with van der Waals surface area (Å²) >= 11 is 0. The maximum Gasteiger partial charge on any atom is 0.140 e. The fraction of sp³-hybridized carbons (Fsp3) is 0.300. The highest BCUT2D eigenvalue weighted by atomic mass is 16.5. The van der Waals surface area contributed by atoms with E-state index in [9.17, 15) is 0 Å². The lowest BCUT2D eigenvalue weighted by atomic mass is 10.0. The van der Waals surface area contributed by atoms with Crippen molar-refractivity contribution in [1.82, 2.24) is 0 Å². The molecule has 1 atom stereocenters. The van der Waals surface area contributed by atoms with Gasteiger partial charge in [0.1, 0.15) is 18.4 Å². The Hall–Kier alpha value is -1.53. The Labute approximate surface area is 76.7 Å². The molecule has 2 N–H and O–H groups in total. The average molecular weight is 174 g/mol. The van der Waals surface area contributed by atoms with E-state index in [1.807, 2.05) is 12.1 Å². The van der Waals surface area contributed by atoms with Crippen LogP contribution in [0.5, 0.6) is 5.75 Å². The van der Waals surface area contributed by atoms with E-state index >= 15 is 0 Å². The molecule has 1 aromatic carbocycles. The van der Waals surface area contributed by atoms with Gasteiger partial charge < -0.3 is 10.5 Å². The van der Waals surface area contributed by atoms with E-state index in [0.717, 1.165) is 12.0 Å². The lowest BCUT2D eigenvalue weighted by molar-refractivity contribution is 0.263. The number of nitrogens with two attached hydrogens (primary N) is 1. The van der Waals surface area contributed by atoms with Gasteiger partial charge in [0.05, 0.1) is 5.56 Å². The van der Waals surface area contributed by atoms with Crippen molar-refractivity contribution in [3.05, 3.63) is 29.3 Å². The molecule has 1 aliphatic rings. The summed E-state index contributed by atoms with van der Waals surface area (Å²) in [4.78, 5) is 0. The van der Waals surface area contributed by atoms with Gasteiger partial charge in [0.25, 0.3) is 0 Å². The van der Waals surface area contributed by atoms with E-state index in [2.05, 4.69) is 6.07 Å². The van der Waals surface area contributed by atoms with Gasteiger partial charge in [0, 0.05) is 6.04 Å². The molecule has 0 saturated carbocycles. The van der Waals surface area contributed by atoms with Gasteiger partial charge in [-0.2, -0.15) is 5.26 Å². The third kappa shape index (κ3) is 1.36. The van der Waals surface area contributed by atoms with Crippen LogP contribution in [0.15, 0.2) is 18.2 Å². The molecular weight excluding hydrogens is 164 g/mol. The zero-order valence-corrected chi connectivity index (χ0v) is 7.16. The van der Waals surface area contributed by atoms with Crippen LogP contribution in [0.3, 0.4) is 0 Å². The Kier molecular flexibility index (Phi) is 1.91. The number of hydrogen-bond donors (Lipinski definition) is 1. The number of rotatable bonds is 0. The number of benzene rings is 1. The summed E-state index contributed by atoms with van der Waals surface area (Å²) in [6.07, 6.45) is 0.796. The molecule has 13 heavy (non-hydrogen) atoms. The second-order valence-electron chi connectivity index (χ2n) is 3.18. The second kappa shape index (κ2) is 3.08.